The van der Waals surface area contributed by atoms with E-state index in [1.54, 1.807) is 0 Å². The summed E-state index contributed by atoms with van der Waals surface area (Å²) in [7, 11) is 4.05. The third-order valence-electron chi connectivity index (χ3n) is 6.55. The molecule has 2 aromatic carbocycles. The van der Waals surface area contributed by atoms with E-state index in [2.05, 4.69) is 39.0 Å². The SMILES string of the molecule is CN(C)c1ccc(CN(C[C@@H]2CCCO2)C(=O)CN2CCN(c3ccc(F)cc3)CC2)cc1. The maximum atomic E-state index is 13.3. The van der Waals surface area contributed by atoms with E-state index in [1.807, 2.05) is 31.1 Å². The number of hydrogen-bond donors (Lipinski definition) is 0. The minimum atomic E-state index is -0.217. The molecule has 2 heterocycles. The molecular formula is C26H35FN4O2. The first kappa shape index (κ1) is 23.5. The molecule has 0 aromatic heterocycles. The van der Waals surface area contributed by atoms with Crippen LogP contribution in [0.5, 0.6) is 0 Å². The number of hydrogen-bond acceptors (Lipinski definition) is 5. The van der Waals surface area contributed by atoms with Crippen LogP contribution >= 0.6 is 0 Å². The summed E-state index contributed by atoms with van der Waals surface area (Å²) in [6.07, 6.45) is 2.21. The first-order valence-electron chi connectivity index (χ1n) is 11.9. The van der Waals surface area contributed by atoms with Gasteiger partial charge in [0.1, 0.15) is 5.82 Å². The van der Waals surface area contributed by atoms with Crippen molar-refractivity contribution in [3.63, 3.8) is 0 Å². The number of piperazine rings is 1. The number of carbonyl (C=O) groups excluding carboxylic acids is 1. The molecule has 2 fully saturated rings. The summed E-state index contributed by atoms with van der Waals surface area (Å²) in [6, 6.07) is 15.0. The third kappa shape index (κ3) is 6.45. The highest BCUT2D eigenvalue weighted by molar-refractivity contribution is 5.78. The second-order valence-corrected chi connectivity index (χ2v) is 9.21. The van der Waals surface area contributed by atoms with E-state index in [0.717, 1.165) is 62.6 Å². The Hall–Kier alpha value is -2.64. The first-order chi connectivity index (χ1) is 16.0. The summed E-state index contributed by atoms with van der Waals surface area (Å²) < 4.78 is 19.0. The minimum Gasteiger partial charge on any atom is -0.378 e. The van der Waals surface area contributed by atoms with Gasteiger partial charge in [-0.2, -0.15) is 0 Å². The molecule has 1 atom stereocenters. The number of amides is 1. The lowest BCUT2D eigenvalue weighted by molar-refractivity contribution is -0.134. The van der Waals surface area contributed by atoms with Crippen molar-refractivity contribution in [3.8, 4) is 0 Å². The summed E-state index contributed by atoms with van der Waals surface area (Å²) in [5.41, 5.74) is 3.31. The molecule has 0 radical (unpaired) electrons. The summed E-state index contributed by atoms with van der Waals surface area (Å²) in [5.74, 6) is -0.0666. The highest BCUT2D eigenvalue weighted by atomic mass is 19.1. The number of benzene rings is 2. The predicted octanol–water partition coefficient (Wildman–Crippen LogP) is 3.22. The van der Waals surface area contributed by atoms with E-state index in [1.165, 1.54) is 12.1 Å². The van der Waals surface area contributed by atoms with Gasteiger partial charge >= 0.3 is 0 Å². The van der Waals surface area contributed by atoms with Gasteiger partial charge < -0.3 is 19.4 Å². The van der Waals surface area contributed by atoms with Crippen molar-refractivity contribution in [1.82, 2.24) is 9.80 Å². The van der Waals surface area contributed by atoms with Gasteiger partial charge in [-0.25, -0.2) is 4.39 Å². The smallest absolute Gasteiger partial charge is 0.237 e. The molecule has 6 nitrogen and oxygen atoms in total. The van der Waals surface area contributed by atoms with Gasteiger partial charge in [0.2, 0.25) is 5.91 Å². The van der Waals surface area contributed by atoms with Crippen LogP contribution in [0.2, 0.25) is 0 Å². The van der Waals surface area contributed by atoms with Crippen molar-refractivity contribution < 1.29 is 13.9 Å². The van der Waals surface area contributed by atoms with E-state index < -0.39 is 0 Å². The zero-order valence-corrected chi connectivity index (χ0v) is 19.8. The van der Waals surface area contributed by atoms with Crippen LogP contribution in [0.1, 0.15) is 18.4 Å². The van der Waals surface area contributed by atoms with Crippen LogP contribution in [0, 0.1) is 5.82 Å². The van der Waals surface area contributed by atoms with Gasteiger partial charge in [-0.1, -0.05) is 12.1 Å². The van der Waals surface area contributed by atoms with Crippen LogP contribution in [0.15, 0.2) is 48.5 Å². The summed E-state index contributed by atoms with van der Waals surface area (Å²) in [5, 5.41) is 0. The maximum absolute atomic E-state index is 13.3. The monoisotopic (exact) mass is 454 g/mol. The van der Waals surface area contributed by atoms with Crippen LogP contribution in [-0.4, -0.2) is 81.8 Å². The normalized spacial score (nSPS) is 19.0. The zero-order valence-electron chi connectivity index (χ0n) is 19.8. The molecule has 1 amide bonds. The summed E-state index contributed by atoms with van der Waals surface area (Å²) >= 11 is 0. The van der Waals surface area contributed by atoms with Crippen molar-refractivity contribution >= 4 is 17.3 Å². The number of ether oxygens (including phenoxy) is 1. The molecule has 2 aliphatic rings. The third-order valence-corrected chi connectivity index (χ3v) is 6.55. The van der Waals surface area contributed by atoms with E-state index in [4.69, 9.17) is 4.74 Å². The molecule has 7 heteroatoms. The van der Waals surface area contributed by atoms with Gasteiger partial charge in [-0.15, -0.1) is 0 Å². The number of anilines is 2. The van der Waals surface area contributed by atoms with Crippen molar-refractivity contribution in [2.75, 3.05) is 69.8 Å². The zero-order chi connectivity index (χ0) is 23.2. The summed E-state index contributed by atoms with van der Waals surface area (Å²) in [6.45, 7) is 5.73. The van der Waals surface area contributed by atoms with E-state index in [9.17, 15) is 9.18 Å². The molecule has 0 saturated carbocycles. The highest BCUT2D eigenvalue weighted by Gasteiger charge is 2.26. The lowest BCUT2D eigenvalue weighted by Gasteiger charge is -2.37. The second kappa shape index (κ2) is 11.0. The molecule has 2 aliphatic heterocycles. The largest absolute Gasteiger partial charge is 0.378 e. The Labute approximate surface area is 196 Å². The summed E-state index contributed by atoms with van der Waals surface area (Å²) in [4.78, 5) is 21.8. The van der Waals surface area contributed by atoms with Crippen molar-refractivity contribution in [2.45, 2.75) is 25.5 Å². The molecule has 0 bridgehead atoms. The fourth-order valence-corrected chi connectivity index (χ4v) is 4.52. The van der Waals surface area contributed by atoms with Crippen molar-refractivity contribution in [3.05, 3.63) is 59.9 Å². The molecule has 33 heavy (non-hydrogen) atoms. The number of carbonyl (C=O) groups is 1. The van der Waals surface area contributed by atoms with Gasteiger partial charge in [0, 0.05) is 71.3 Å². The molecule has 0 N–H and O–H groups in total. The van der Waals surface area contributed by atoms with Gasteiger partial charge in [0.25, 0.3) is 0 Å². The Bertz CT molecular complexity index is 890. The lowest BCUT2D eigenvalue weighted by atomic mass is 10.1. The fourth-order valence-electron chi connectivity index (χ4n) is 4.52. The minimum absolute atomic E-state index is 0.130. The Kier molecular flexibility index (Phi) is 7.83. The van der Waals surface area contributed by atoms with Crippen molar-refractivity contribution in [1.29, 1.82) is 0 Å². The molecular weight excluding hydrogens is 419 g/mol. The molecule has 4 rings (SSSR count). The molecule has 2 aromatic rings. The number of halogens is 1. The van der Waals surface area contributed by atoms with E-state index in [0.29, 0.717) is 19.6 Å². The molecule has 0 aliphatic carbocycles. The van der Waals surface area contributed by atoms with Gasteiger partial charge in [0.05, 0.1) is 12.6 Å². The predicted molar refractivity (Wildman–Crippen MR) is 130 cm³/mol. The van der Waals surface area contributed by atoms with Crippen LogP contribution in [0.4, 0.5) is 15.8 Å². The maximum Gasteiger partial charge on any atom is 0.237 e. The van der Waals surface area contributed by atoms with Crippen LogP contribution in [0.25, 0.3) is 0 Å². The number of rotatable bonds is 8. The fraction of sp³-hybridized carbons (Fsp3) is 0.500. The molecule has 2 saturated heterocycles. The quantitative estimate of drug-likeness (QED) is 0.613. The second-order valence-electron chi connectivity index (χ2n) is 9.21. The van der Waals surface area contributed by atoms with Crippen LogP contribution < -0.4 is 9.80 Å². The first-order valence-corrected chi connectivity index (χ1v) is 11.9. The Morgan fingerprint density at radius 3 is 2.33 bits per heavy atom. The highest BCUT2D eigenvalue weighted by Crippen LogP contribution is 2.19. The lowest BCUT2D eigenvalue weighted by Crippen LogP contribution is -2.50. The Balaban J connectivity index is 1.35. The van der Waals surface area contributed by atoms with E-state index in [-0.39, 0.29) is 17.8 Å². The van der Waals surface area contributed by atoms with Gasteiger partial charge in [0.15, 0.2) is 0 Å². The average Bonchev–Trinajstić information content (AvgIpc) is 3.33. The average molecular weight is 455 g/mol. The van der Waals surface area contributed by atoms with E-state index >= 15 is 0 Å². The van der Waals surface area contributed by atoms with Gasteiger partial charge in [-0.05, 0) is 54.8 Å². The molecule has 0 unspecified atom stereocenters. The standard InChI is InChI=1S/C26H35FN4O2/c1-28(2)23-9-5-21(6-10-23)18-31(19-25-4-3-17-33-25)26(32)20-29-13-15-30(16-14-29)24-11-7-22(27)8-12-24/h5-12,25H,3-4,13-20H2,1-2H3/t25-/m0/s1. The van der Waals surface area contributed by atoms with Crippen LogP contribution in [0.3, 0.4) is 0 Å². The van der Waals surface area contributed by atoms with Gasteiger partial charge in [-0.3, -0.25) is 9.69 Å². The van der Waals surface area contributed by atoms with Crippen LogP contribution in [-0.2, 0) is 16.1 Å². The van der Waals surface area contributed by atoms with Crippen molar-refractivity contribution in [2.24, 2.45) is 0 Å². The Morgan fingerprint density at radius 1 is 1.03 bits per heavy atom. The Morgan fingerprint density at radius 2 is 1.73 bits per heavy atom. The molecule has 0 spiro atoms. The molecule has 178 valence electrons. The number of nitrogens with zero attached hydrogens (tertiary/aromatic N) is 4. The topological polar surface area (TPSA) is 39.3 Å².